The van der Waals surface area contributed by atoms with E-state index in [2.05, 4.69) is 0 Å². The molecule has 0 radical (unpaired) electrons. The molecule has 0 aromatic carbocycles. The normalized spacial score (nSPS) is 36.5. The van der Waals surface area contributed by atoms with Gasteiger partial charge in [0.05, 0.1) is 12.2 Å². The van der Waals surface area contributed by atoms with Gasteiger partial charge in [0.1, 0.15) is 0 Å². The van der Waals surface area contributed by atoms with Gasteiger partial charge < -0.3 is 10.2 Å². The lowest BCUT2D eigenvalue weighted by molar-refractivity contribution is 0.0121. The molecule has 0 aliphatic heterocycles. The highest BCUT2D eigenvalue weighted by molar-refractivity contribution is 5.22. The summed E-state index contributed by atoms with van der Waals surface area (Å²) >= 11 is 0. The largest absolute Gasteiger partial charge is 0.390 e. The minimum atomic E-state index is -0.498. The molecule has 0 saturated carbocycles. The molecule has 0 fully saturated rings. The molecule has 0 saturated heterocycles. The first-order valence-electron chi connectivity index (χ1n) is 4.83. The molecule has 2 aliphatic rings. The van der Waals surface area contributed by atoms with Crippen LogP contribution in [0.25, 0.3) is 0 Å². The molecule has 0 aromatic rings. The summed E-state index contributed by atoms with van der Waals surface area (Å²) in [5.41, 5.74) is 2.86. The molecule has 2 heteroatoms. The first kappa shape index (κ1) is 8.27. The fraction of sp³-hybridized carbons (Fsp3) is 0.800. The van der Waals surface area contributed by atoms with Crippen LogP contribution >= 0.6 is 0 Å². The summed E-state index contributed by atoms with van der Waals surface area (Å²) in [6.07, 6.45) is 5.28. The van der Waals surface area contributed by atoms with Gasteiger partial charge in [-0.2, -0.15) is 0 Å². The van der Waals surface area contributed by atoms with Crippen LogP contribution in [0.4, 0.5) is 0 Å². The van der Waals surface area contributed by atoms with Crippen LogP contribution in [-0.4, -0.2) is 22.4 Å². The van der Waals surface area contributed by atoms with Crippen molar-refractivity contribution in [1.29, 1.82) is 0 Å². The van der Waals surface area contributed by atoms with Gasteiger partial charge in [0.25, 0.3) is 0 Å². The van der Waals surface area contributed by atoms with Crippen molar-refractivity contribution in [3.8, 4) is 0 Å². The predicted molar refractivity (Wildman–Crippen MR) is 46.7 cm³/mol. The maximum atomic E-state index is 9.43. The molecule has 0 aromatic heterocycles. The van der Waals surface area contributed by atoms with E-state index in [0.29, 0.717) is 0 Å². The second-order valence-corrected chi connectivity index (χ2v) is 3.96. The van der Waals surface area contributed by atoms with Crippen LogP contribution in [0.2, 0.25) is 0 Å². The Balaban J connectivity index is 2.15. The van der Waals surface area contributed by atoms with E-state index in [1.165, 1.54) is 24.0 Å². The average Bonchev–Trinajstić information content (AvgIpc) is 2.07. The molecule has 2 rings (SSSR count). The second-order valence-electron chi connectivity index (χ2n) is 3.96. The third-order valence-electron chi connectivity index (χ3n) is 3.06. The molecule has 2 aliphatic carbocycles. The Hall–Kier alpha value is -0.340. The molecule has 2 nitrogen and oxygen atoms in total. The van der Waals surface area contributed by atoms with Gasteiger partial charge in [-0.3, -0.25) is 0 Å². The Kier molecular flexibility index (Phi) is 2.20. The van der Waals surface area contributed by atoms with Crippen LogP contribution in [-0.2, 0) is 0 Å². The third-order valence-corrected chi connectivity index (χ3v) is 3.06. The summed E-state index contributed by atoms with van der Waals surface area (Å²) in [5, 5.41) is 18.9. The van der Waals surface area contributed by atoms with E-state index in [0.717, 1.165) is 25.7 Å². The number of aliphatic hydroxyl groups excluding tert-OH is 2. The van der Waals surface area contributed by atoms with Crippen LogP contribution in [0.1, 0.15) is 38.5 Å². The number of aliphatic hydroxyl groups is 2. The van der Waals surface area contributed by atoms with Gasteiger partial charge in [-0.15, -0.1) is 0 Å². The van der Waals surface area contributed by atoms with Crippen molar-refractivity contribution in [2.45, 2.75) is 50.7 Å². The zero-order valence-electron chi connectivity index (χ0n) is 7.29. The lowest BCUT2D eigenvalue weighted by atomic mass is 9.80. The fourth-order valence-electron chi connectivity index (χ4n) is 2.30. The summed E-state index contributed by atoms with van der Waals surface area (Å²) in [4.78, 5) is 0. The maximum Gasteiger partial charge on any atom is 0.0839 e. The quantitative estimate of drug-likeness (QED) is 0.536. The zero-order valence-corrected chi connectivity index (χ0v) is 7.29. The molecule has 0 heterocycles. The second kappa shape index (κ2) is 3.19. The van der Waals surface area contributed by atoms with Crippen molar-refractivity contribution in [3.63, 3.8) is 0 Å². The van der Waals surface area contributed by atoms with Gasteiger partial charge in [-0.25, -0.2) is 0 Å². The smallest absolute Gasteiger partial charge is 0.0839 e. The Morgan fingerprint density at radius 1 is 0.833 bits per heavy atom. The van der Waals surface area contributed by atoms with E-state index < -0.39 is 12.2 Å². The van der Waals surface area contributed by atoms with E-state index in [1.807, 2.05) is 0 Å². The number of hydrogen-bond acceptors (Lipinski definition) is 2. The summed E-state index contributed by atoms with van der Waals surface area (Å²) in [6, 6.07) is 0. The van der Waals surface area contributed by atoms with Gasteiger partial charge in [0.15, 0.2) is 0 Å². The molecule has 2 N–H and O–H groups in total. The molecular formula is C10H16O2. The summed E-state index contributed by atoms with van der Waals surface area (Å²) in [6.45, 7) is 0. The number of rotatable bonds is 0. The first-order chi connectivity index (χ1) is 5.77. The minimum Gasteiger partial charge on any atom is -0.390 e. The van der Waals surface area contributed by atoms with Crippen molar-refractivity contribution >= 4 is 0 Å². The third kappa shape index (κ3) is 1.41. The van der Waals surface area contributed by atoms with Crippen molar-refractivity contribution in [3.05, 3.63) is 11.1 Å². The monoisotopic (exact) mass is 168 g/mol. The van der Waals surface area contributed by atoms with Gasteiger partial charge in [0.2, 0.25) is 0 Å². The molecule has 0 spiro atoms. The number of hydrogen-bond donors (Lipinski definition) is 2. The van der Waals surface area contributed by atoms with Crippen LogP contribution in [0, 0.1) is 0 Å². The van der Waals surface area contributed by atoms with E-state index in [-0.39, 0.29) is 0 Å². The van der Waals surface area contributed by atoms with Crippen molar-refractivity contribution in [1.82, 2.24) is 0 Å². The summed E-state index contributed by atoms with van der Waals surface area (Å²) < 4.78 is 0. The van der Waals surface area contributed by atoms with Gasteiger partial charge in [-0.1, -0.05) is 11.1 Å². The maximum absolute atomic E-state index is 9.43. The van der Waals surface area contributed by atoms with E-state index in [4.69, 9.17) is 0 Å². The Morgan fingerprint density at radius 2 is 1.25 bits per heavy atom. The Bertz CT molecular complexity index is 186. The highest BCUT2D eigenvalue weighted by atomic mass is 16.3. The first-order valence-corrected chi connectivity index (χ1v) is 4.83. The predicted octanol–water partition coefficient (Wildman–Crippen LogP) is 1.37. The van der Waals surface area contributed by atoms with Crippen LogP contribution < -0.4 is 0 Å². The highest BCUT2D eigenvalue weighted by Crippen LogP contribution is 2.35. The highest BCUT2D eigenvalue weighted by Gasteiger charge is 2.27. The van der Waals surface area contributed by atoms with Crippen LogP contribution in [0.5, 0.6) is 0 Å². The molecule has 0 unspecified atom stereocenters. The molecule has 0 bridgehead atoms. The molecule has 2 atom stereocenters. The topological polar surface area (TPSA) is 40.5 Å². The van der Waals surface area contributed by atoms with E-state index >= 15 is 0 Å². The molecule has 68 valence electrons. The van der Waals surface area contributed by atoms with E-state index in [1.54, 1.807) is 0 Å². The standard InChI is InChI=1S/C10H16O2/c11-9-5-7-3-1-2-4-8(7)6-10(9)12/h9-12H,1-6H2/t9-,10-/m0/s1. The van der Waals surface area contributed by atoms with Gasteiger partial charge >= 0.3 is 0 Å². The average molecular weight is 168 g/mol. The summed E-state index contributed by atoms with van der Waals surface area (Å²) in [5.74, 6) is 0. The lowest BCUT2D eigenvalue weighted by Gasteiger charge is -2.31. The van der Waals surface area contributed by atoms with Crippen molar-refractivity contribution in [2.24, 2.45) is 0 Å². The molecule has 12 heavy (non-hydrogen) atoms. The Labute approximate surface area is 72.9 Å². The Morgan fingerprint density at radius 3 is 1.67 bits per heavy atom. The van der Waals surface area contributed by atoms with Crippen LogP contribution in [0.3, 0.4) is 0 Å². The minimum absolute atomic E-state index is 0.498. The van der Waals surface area contributed by atoms with E-state index in [9.17, 15) is 10.2 Å². The van der Waals surface area contributed by atoms with Gasteiger partial charge in [-0.05, 0) is 38.5 Å². The zero-order chi connectivity index (χ0) is 8.55. The summed E-state index contributed by atoms with van der Waals surface area (Å²) in [7, 11) is 0. The fourth-order valence-corrected chi connectivity index (χ4v) is 2.30. The van der Waals surface area contributed by atoms with Crippen LogP contribution in [0.15, 0.2) is 11.1 Å². The van der Waals surface area contributed by atoms with Crippen molar-refractivity contribution in [2.75, 3.05) is 0 Å². The lowest BCUT2D eigenvalue weighted by Crippen LogP contribution is -2.31. The van der Waals surface area contributed by atoms with Gasteiger partial charge in [0, 0.05) is 0 Å². The SMILES string of the molecule is O[C@H]1CC2=C(CCCC2)C[C@@H]1O. The molecular weight excluding hydrogens is 152 g/mol. The van der Waals surface area contributed by atoms with Crippen molar-refractivity contribution < 1.29 is 10.2 Å². The molecule has 0 amide bonds.